The fraction of sp³-hybridized carbons (Fsp3) is 0.433. The molecule has 4 nitrogen and oxygen atoms in total. The van der Waals surface area contributed by atoms with Gasteiger partial charge in [0.05, 0.1) is 23.1 Å². The Morgan fingerprint density at radius 2 is 1.51 bits per heavy atom. The highest BCUT2D eigenvalue weighted by Gasteiger charge is 2.13. The van der Waals surface area contributed by atoms with Gasteiger partial charge < -0.3 is 4.74 Å². The summed E-state index contributed by atoms with van der Waals surface area (Å²) in [6.07, 6.45) is 16.3. The van der Waals surface area contributed by atoms with Crippen molar-refractivity contribution in [3.8, 4) is 17.0 Å². The molecule has 0 saturated heterocycles. The van der Waals surface area contributed by atoms with E-state index in [0.29, 0.717) is 5.56 Å². The van der Waals surface area contributed by atoms with Gasteiger partial charge in [-0.15, -0.1) is 0 Å². The lowest BCUT2D eigenvalue weighted by atomic mass is 10.1. The molecule has 2 aromatic carbocycles. The summed E-state index contributed by atoms with van der Waals surface area (Å²) < 4.78 is 19.6. The van der Waals surface area contributed by atoms with Crippen LogP contribution in [-0.4, -0.2) is 15.9 Å². The fourth-order valence-electron chi connectivity index (χ4n) is 4.00. The zero-order chi connectivity index (χ0) is 24.9. The monoisotopic (exact) mass is 476 g/mol. The maximum atomic E-state index is 14.3. The quantitative estimate of drug-likeness (QED) is 0.134. The third-order valence-electron chi connectivity index (χ3n) is 6.18. The van der Waals surface area contributed by atoms with Gasteiger partial charge in [-0.1, -0.05) is 77.0 Å². The largest absolute Gasteiger partial charge is 0.420 e. The van der Waals surface area contributed by atoms with Crippen molar-refractivity contribution in [1.82, 2.24) is 9.97 Å². The minimum Gasteiger partial charge on any atom is -0.420 e. The molecule has 0 aliphatic carbocycles. The Bertz CT molecular complexity index is 1050. The minimum atomic E-state index is -0.590. The van der Waals surface area contributed by atoms with Gasteiger partial charge in [0.2, 0.25) is 0 Å². The normalized spacial score (nSPS) is 10.9. The second kappa shape index (κ2) is 14.3. The van der Waals surface area contributed by atoms with Gasteiger partial charge in [0.25, 0.3) is 0 Å². The van der Waals surface area contributed by atoms with E-state index in [1.165, 1.54) is 50.7 Å². The Hall–Kier alpha value is -3.08. The standard InChI is InChI=1S/C30H37FN2O2/c1-3-5-7-8-9-10-11-13-26-21-33-28(22-32-26)24-15-17-25(18-16-24)30(34)35-29-19-14-23(12-6-4-2)20-27(29)31/h14-22H,3-13H2,1-2H3. The molecule has 0 fully saturated rings. The summed E-state index contributed by atoms with van der Waals surface area (Å²) in [5.74, 6) is -1.16. The van der Waals surface area contributed by atoms with Gasteiger partial charge >= 0.3 is 5.97 Å². The van der Waals surface area contributed by atoms with Crippen LogP contribution in [0.5, 0.6) is 5.75 Å². The van der Waals surface area contributed by atoms with E-state index in [2.05, 4.69) is 23.8 Å². The van der Waals surface area contributed by atoms with E-state index >= 15 is 0 Å². The first kappa shape index (κ1) is 26.5. The van der Waals surface area contributed by atoms with Gasteiger partial charge in [-0.3, -0.25) is 9.97 Å². The highest BCUT2D eigenvalue weighted by Crippen LogP contribution is 2.22. The molecule has 0 saturated carbocycles. The predicted octanol–water partition coefficient (Wildman–Crippen LogP) is 8.14. The van der Waals surface area contributed by atoms with Crippen LogP contribution in [0.25, 0.3) is 11.3 Å². The average molecular weight is 477 g/mol. The molecule has 0 amide bonds. The first-order chi connectivity index (χ1) is 17.1. The van der Waals surface area contributed by atoms with Crippen molar-refractivity contribution < 1.29 is 13.9 Å². The first-order valence-electron chi connectivity index (χ1n) is 13.0. The van der Waals surface area contributed by atoms with Gasteiger partial charge in [0.1, 0.15) is 0 Å². The lowest BCUT2D eigenvalue weighted by Gasteiger charge is -2.08. The number of aryl methyl sites for hydroxylation is 2. The molecule has 0 atom stereocenters. The zero-order valence-electron chi connectivity index (χ0n) is 21.1. The molecule has 0 unspecified atom stereocenters. The minimum absolute atomic E-state index is 0.0539. The van der Waals surface area contributed by atoms with Gasteiger partial charge in [-0.2, -0.15) is 0 Å². The van der Waals surface area contributed by atoms with Crippen LogP contribution in [0.4, 0.5) is 4.39 Å². The summed E-state index contributed by atoms with van der Waals surface area (Å²) in [5.41, 5.74) is 3.88. The van der Waals surface area contributed by atoms with Crippen molar-refractivity contribution in [2.45, 2.75) is 84.5 Å². The summed E-state index contributed by atoms with van der Waals surface area (Å²) in [7, 11) is 0. The van der Waals surface area contributed by atoms with Crippen LogP contribution in [0.15, 0.2) is 54.9 Å². The molecule has 0 aliphatic rings. The van der Waals surface area contributed by atoms with Crippen LogP contribution in [0.2, 0.25) is 0 Å². The zero-order valence-corrected chi connectivity index (χ0v) is 21.1. The number of benzene rings is 2. The third kappa shape index (κ3) is 8.57. The molecule has 0 radical (unpaired) electrons. The van der Waals surface area contributed by atoms with E-state index in [9.17, 15) is 9.18 Å². The predicted molar refractivity (Wildman–Crippen MR) is 139 cm³/mol. The van der Waals surface area contributed by atoms with E-state index in [-0.39, 0.29) is 5.75 Å². The molecule has 0 aliphatic heterocycles. The highest BCUT2D eigenvalue weighted by atomic mass is 19.1. The average Bonchev–Trinajstić information content (AvgIpc) is 2.89. The van der Waals surface area contributed by atoms with Crippen LogP contribution < -0.4 is 4.74 Å². The van der Waals surface area contributed by atoms with E-state index in [1.54, 1.807) is 36.5 Å². The van der Waals surface area contributed by atoms with Crippen molar-refractivity contribution in [3.63, 3.8) is 0 Å². The van der Waals surface area contributed by atoms with E-state index in [4.69, 9.17) is 4.74 Å². The van der Waals surface area contributed by atoms with E-state index in [1.807, 2.05) is 6.20 Å². The van der Waals surface area contributed by atoms with Gasteiger partial charge in [-0.25, -0.2) is 9.18 Å². The third-order valence-corrected chi connectivity index (χ3v) is 6.18. The Balaban J connectivity index is 1.50. The van der Waals surface area contributed by atoms with Crippen molar-refractivity contribution in [3.05, 3.63) is 77.5 Å². The number of aromatic nitrogens is 2. The highest BCUT2D eigenvalue weighted by molar-refractivity contribution is 5.91. The van der Waals surface area contributed by atoms with Gasteiger partial charge in [0, 0.05) is 11.8 Å². The SMILES string of the molecule is CCCCCCCCCc1cnc(-c2ccc(C(=O)Oc3ccc(CCCC)cc3F)cc2)cn1. The van der Waals surface area contributed by atoms with Crippen LogP contribution in [-0.2, 0) is 12.8 Å². The maximum Gasteiger partial charge on any atom is 0.343 e. The van der Waals surface area contributed by atoms with E-state index < -0.39 is 11.8 Å². The molecule has 0 bridgehead atoms. The van der Waals surface area contributed by atoms with Crippen LogP contribution in [0, 0.1) is 5.82 Å². The lowest BCUT2D eigenvalue weighted by Crippen LogP contribution is -2.09. The number of rotatable bonds is 14. The molecule has 1 aromatic heterocycles. The lowest BCUT2D eigenvalue weighted by molar-refractivity contribution is 0.0728. The molecule has 35 heavy (non-hydrogen) atoms. The Kier molecular flexibility index (Phi) is 10.9. The Morgan fingerprint density at radius 3 is 2.17 bits per heavy atom. The number of halogens is 1. The first-order valence-corrected chi connectivity index (χ1v) is 13.0. The molecule has 186 valence electrons. The number of nitrogens with zero attached hydrogens (tertiary/aromatic N) is 2. The molecule has 1 heterocycles. The maximum absolute atomic E-state index is 14.3. The van der Waals surface area contributed by atoms with Crippen LogP contribution in [0.1, 0.15) is 93.3 Å². The Morgan fingerprint density at radius 1 is 0.800 bits per heavy atom. The van der Waals surface area contributed by atoms with Crippen molar-refractivity contribution >= 4 is 5.97 Å². The smallest absolute Gasteiger partial charge is 0.343 e. The topological polar surface area (TPSA) is 52.1 Å². The number of esters is 1. The molecule has 5 heteroatoms. The molecule has 0 N–H and O–H groups in total. The molecular weight excluding hydrogens is 439 g/mol. The number of carbonyl (C=O) groups excluding carboxylic acids is 1. The van der Waals surface area contributed by atoms with Gasteiger partial charge in [0.15, 0.2) is 11.6 Å². The summed E-state index contributed by atoms with van der Waals surface area (Å²) in [6, 6.07) is 11.7. The van der Waals surface area contributed by atoms with Crippen LogP contribution >= 0.6 is 0 Å². The van der Waals surface area contributed by atoms with Crippen molar-refractivity contribution in [2.24, 2.45) is 0 Å². The summed E-state index contributed by atoms with van der Waals surface area (Å²) >= 11 is 0. The summed E-state index contributed by atoms with van der Waals surface area (Å²) in [5, 5.41) is 0. The second-order valence-electron chi connectivity index (χ2n) is 9.10. The molecule has 3 aromatic rings. The number of hydrogen-bond donors (Lipinski definition) is 0. The number of unbranched alkanes of at least 4 members (excludes halogenated alkanes) is 7. The van der Waals surface area contributed by atoms with Crippen molar-refractivity contribution in [1.29, 1.82) is 0 Å². The summed E-state index contributed by atoms with van der Waals surface area (Å²) in [6.45, 7) is 4.33. The molecule has 0 spiro atoms. The summed E-state index contributed by atoms with van der Waals surface area (Å²) in [4.78, 5) is 21.6. The van der Waals surface area contributed by atoms with Gasteiger partial charge in [-0.05, 0) is 55.5 Å². The van der Waals surface area contributed by atoms with E-state index in [0.717, 1.165) is 54.6 Å². The molecule has 3 rings (SSSR count). The van der Waals surface area contributed by atoms with Crippen molar-refractivity contribution in [2.75, 3.05) is 0 Å². The molecular formula is C30H37FN2O2. The number of carbonyl (C=O) groups is 1. The van der Waals surface area contributed by atoms with Crippen LogP contribution in [0.3, 0.4) is 0 Å². The Labute approximate surface area is 209 Å². The fourth-order valence-corrected chi connectivity index (χ4v) is 4.00. The second-order valence-corrected chi connectivity index (χ2v) is 9.10. The number of ether oxygens (including phenoxy) is 1. The number of hydrogen-bond acceptors (Lipinski definition) is 4.